The Morgan fingerprint density at radius 3 is 2.62 bits per heavy atom. The molecule has 0 spiro atoms. The third-order valence-electron chi connectivity index (χ3n) is 2.09. The molecule has 0 aromatic heterocycles. The highest BCUT2D eigenvalue weighted by Gasteiger charge is 2.16. The minimum absolute atomic E-state index is 0.0519. The van der Waals surface area contributed by atoms with Gasteiger partial charge in [0.25, 0.3) is 0 Å². The molecule has 0 saturated heterocycles. The lowest BCUT2D eigenvalue weighted by molar-refractivity contribution is -0.125. The van der Waals surface area contributed by atoms with Crippen LogP contribution in [-0.2, 0) is 9.59 Å². The van der Waals surface area contributed by atoms with Gasteiger partial charge < -0.3 is 11.1 Å². The number of nitrogens with two attached hydrogens (primary N) is 1. The summed E-state index contributed by atoms with van der Waals surface area (Å²) in [6.07, 6.45) is 0.0519. The van der Waals surface area contributed by atoms with E-state index in [1.54, 1.807) is 13.0 Å². The van der Waals surface area contributed by atoms with E-state index in [1.165, 1.54) is 0 Å². The number of benzene rings is 1. The van der Waals surface area contributed by atoms with Gasteiger partial charge in [-0.15, -0.1) is 0 Å². The summed E-state index contributed by atoms with van der Waals surface area (Å²) in [5.74, 6) is -1.12. The summed E-state index contributed by atoms with van der Waals surface area (Å²) < 4.78 is 0.801. The second-order valence-corrected chi connectivity index (χ2v) is 4.39. The smallest absolute Gasteiger partial charge is 0.227 e. The molecule has 0 aliphatic heterocycles. The van der Waals surface area contributed by atoms with Gasteiger partial charge in [0.15, 0.2) is 0 Å². The Kier molecular flexibility index (Phi) is 4.49. The number of carbonyl (C=O) groups excluding carboxylic acids is 2. The zero-order chi connectivity index (χ0) is 12.1. The molecular formula is C11H13BrN2O2. The van der Waals surface area contributed by atoms with Crippen molar-refractivity contribution in [3.05, 3.63) is 28.7 Å². The lowest BCUT2D eigenvalue weighted by atomic mass is 10.1. The Hall–Kier alpha value is -1.36. The van der Waals surface area contributed by atoms with Gasteiger partial charge in [0.05, 0.1) is 5.69 Å². The zero-order valence-corrected chi connectivity index (χ0v) is 10.5. The van der Waals surface area contributed by atoms with Crippen LogP contribution in [0.25, 0.3) is 0 Å². The minimum atomic E-state index is -0.477. The van der Waals surface area contributed by atoms with Crippen LogP contribution in [0, 0.1) is 5.92 Å². The molecule has 0 heterocycles. The summed E-state index contributed by atoms with van der Waals surface area (Å²) in [5, 5.41) is 2.72. The van der Waals surface area contributed by atoms with Gasteiger partial charge in [0, 0.05) is 16.8 Å². The van der Waals surface area contributed by atoms with Crippen LogP contribution < -0.4 is 11.1 Å². The summed E-state index contributed by atoms with van der Waals surface area (Å²) >= 11 is 3.32. The predicted molar refractivity (Wildman–Crippen MR) is 65.7 cm³/mol. The van der Waals surface area contributed by atoms with Crippen molar-refractivity contribution in [2.45, 2.75) is 13.3 Å². The van der Waals surface area contributed by atoms with Gasteiger partial charge in [-0.2, -0.15) is 0 Å². The highest BCUT2D eigenvalue weighted by Crippen LogP contribution is 2.21. The quantitative estimate of drug-likeness (QED) is 0.886. The molecule has 2 amide bonds. The largest absolute Gasteiger partial charge is 0.370 e. The van der Waals surface area contributed by atoms with Gasteiger partial charge in [-0.1, -0.05) is 19.1 Å². The number of hydrogen-bond donors (Lipinski definition) is 2. The molecule has 0 bridgehead atoms. The average molecular weight is 285 g/mol. The van der Waals surface area contributed by atoms with Crippen LogP contribution in [0.15, 0.2) is 28.7 Å². The first kappa shape index (κ1) is 12.7. The molecule has 0 saturated carbocycles. The monoisotopic (exact) mass is 284 g/mol. The van der Waals surface area contributed by atoms with Crippen molar-refractivity contribution in [2.24, 2.45) is 11.7 Å². The van der Waals surface area contributed by atoms with E-state index in [9.17, 15) is 9.59 Å². The number of para-hydroxylation sites is 1. The van der Waals surface area contributed by atoms with E-state index in [4.69, 9.17) is 5.73 Å². The van der Waals surface area contributed by atoms with E-state index in [0.717, 1.165) is 4.47 Å². The third-order valence-corrected chi connectivity index (χ3v) is 2.78. The fourth-order valence-corrected chi connectivity index (χ4v) is 1.60. The molecule has 1 unspecified atom stereocenters. The maximum atomic E-state index is 11.7. The summed E-state index contributed by atoms with van der Waals surface area (Å²) in [5.41, 5.74) is 5.71. The molecule has 1 aromatic carbocycles. The number of halogens is 1. The van der Waals surface area contributed by atoms with Gasteiger partial charge in [-0.25, -0.2) is 0 Å². The first-order valence-electron chi connectivity index (χ1n) is 4.84. The van der Waals surface area contributed by atoms with Crippen molar-refractivity contribution in [2.75, 3.05) is 5.32 Å². The SMILES string of the molecule is CC(CC(N)=O)C(=O)Nc1ccccc1Br. The van der Waals surface area contributed by atoms with E-state index in [1.807, 2.05) is 18.2 Å². The molecule has 0 radical (unpaired) electrons. The topological polar surface area (TPSA) is 72.2 Å². The molecular weight excluding hydrogens is 272 g/mol. The molecule has 0 aliphatic rings. The van der Waals surface area contributed by atoms with E-state index in [2.05, 4.69) is 21.2 Å². The van der Waals surface area contributed by atoms with Gasteiger partial charge >= 0.3 is 0 Å². The molecule has 0 fully saturated rings. The van der Waals surface area contributed by atoms with Crippen molar-refractivity contribution in [3.63, 3.8) is 0 Å². The standard InChI is InChI=1S/C11H13BrN2O2/c1-7(6-10(13)15)11(16)14-9-5-3-2-4-8(9)12/h2-5,7H,6H2,1H3,(H2,13,15)(H,14,16). The van der Waals surface area contributed by atoms with Crippen LogP contribution in [-0.4, -0.2) is 11.8 Å². The van der Waals surface area contributed by atoms with Crippen molar-refractivity contribution < 1.29 is 9.59 Å². The Bertz CT molecular complexity index is 407. The number of rotatable bonds is 4. The first-order chi connectivity index (χ1) is 7.50. The fourth-order valence-electron chi connectivity index (χ4n) is 1.21. The maximum Gasteiger partial charge on any atom is 0.227 e. The van der Waals surface area contributed by atoms with Crippen molar-refractivity contribution in [3.8, 4) is 0 Å². The molecule has 0 aliphatic carbocycles. The van der Waals surface area contributed by atoms with E-state index in [0.29, 0.717) is 5.69 Å². The van der Waals surface area contributed by atoms with Gasteiger partial charge in [-0.05, 0) is 28.1 Å². The van der Waals surface area contributed by atoms with Crippen LogP contribution in [0.4, 0.5) is 5.69 Å². The van der Waals surface area contributed by atoms with Crippen molar-refractivity contribution in [1.29, 1.82) is 0 Å². The number of hydrogen-bond acceptors (Lipinski definition) is 2. The molecule has 1 aromatic rings. The molecule has 5 heteroatoms. The van der Waals surface area contributed by atoms with Crippen molar-refractivity contribution in [1.82, 2.24) is 0 Å². The maximum absolute atomic E-state index is 11.7. The number of amides is 2. The van der Waals surface area contributed by atoms with Gasteiger partial charge in [0.2, 0.25) is 11.8 Å². The molecule has 1 atom stereocenters. The van der Waals surface area contributed by atoms with Crippen LogP contribution in [0.3, 0.4) is 0 Å². The second-order valence-electron chi connectivity index (χ2n) is 3.54. The molecule has 3 N–H and O–H groups in total. The predicted octanol–water partition coefficient (Wildman–Crippen LogP) is 1.90. The zero-order valence-electron chi connectivity index (χ0n) is 8.87. The highest BCUT2D eigenvalue weighted by molar-refractivity contribution is 9.10. The van der Waals surface area contributed by atoms with E-state index in [-0.39, 0.29) is 12.3 Å². The summed E-state index contributed by atoms with van der Waals surface area (Å²) in [6.45, 7) is 1.66. The Morgan fingerprint density at radius 2 is 2.06 bits per heavy atom. The van der Waals surface area contributed by atoms with E-state index >= 15 is 0 Å². The number of anilines is 1. The number of primary amides is 1. The van der Waals surface area contributed by atoms with Crippen LogP contribution in [0.1, 0.15) is 13.3 Å². The minimum Gasteiger partial charge on any atom is -0.370 e. The normalized spacial score (nSPS) is 11.9. The van der Waals surface area contributed by atoms with Crippen LogP contribution in [0.2, 0.25) is 0 Å². The number of carbonyl (C=O) groups is 2. The first-order valence-corrected chi connectivity index (χ1v) is 5.63. The van der Waals surface area contributed by atoms with Crippen LogP contribution in [0.5, 0.6) is 0 Å². The highest BCUT2D eigenvalue weighted by atomic mass is 79.9. The molecule has 1 rings (SSSR count). The fraction of sp³-hybridized carbons (Fsp3) is 0.273. The van der Waals surface area contributed by atoms with Crippen LogP contribution >= 0.6 is 15.9 Å². The molecule has 16 heavy (non-hydrogen) atoms. The Balaban J connectivity index is 2.64. The van der Waals surface area contributed by atoms with E-state index < -0.39 is 11.8 Å². The van der Waals surface area contributed by atoms with Gasteiger partial charge in [0.1, 0.15) is 0 Å². The lowest BCUT2D eigenvalue weighted by Crippen LogP contribution is -2.25. The summed E-state index contributed by atoms with van der Waals surface area (Å²) in [6, 6.07) is 7.28. The Labute approximate surface area is 102 Å². The summed E-state index contributed by atoms with van der Waals surface area (Å²) in [4.78, 5) is 22.3. The average Bonchev–Trinajstić information content (AvgIpc) is 2.20. The second kappa shape index (κ2) is 5.65. The summed E-state index contributed by atoms with van der Waals surface area (Å²) in [7, 11) is 0. The number of nitrogens with one attached hydrogen (secondary N) is 1. The van der Waals surface area contributed by atoms with Gasteiger partial charge in [-0.3, -0.25) is 9.59 Å². The molecule has 86 valence electrons. The lowest BCUT2D eigenvalue weighted by Gasteiger charge is -2.11. The third kappa shape index (κ3) is 3.66. The molecule has 4 nitrogen and oxygen atoms in total. The van der Waals surface area contributed by atoms with Crippen molar-refractivity contribution >= 4 is 33.4 Å². The Morgan fingerprint density at radius 1 is 1.44 bits per heavy atom.